The molecule has 3 rings (SSSR count). The Labute approximate surface area is 149 Å². The number of amides is 2. The molecule has 1 heterocycles. The topological polar surface area (TPSA) is 83.4 Å². The normalized spacial score (nSPS) is 10.5. The number of nitrogens with one attached hydrogen (secondary N) is 3. The Hall–Kier alpha value is -2.99. The van der Waals surface area contributed by atoms with E-state index in [1.807, 2.05) is 31.2 Å². The molecule has 0 saturated carbocycles. The van der Waals surface area contributed by atoms with Gasteiger partial charge in [-0.15, -0.1) is 0 Å². The zero-order valence-electron chi connectivity index (χ0n) is 13.4. The summed E-state index contributed by atoms with van der Waals surface area (Å²) < 4.78 is 5.42. The van der Waals surface area contributed by atoms with Crippen LogP contribution in [0.4, 0.5) is 5.69 Å². The van der Waals surface area contributed by atoms with Crippen LogP contribution in [0.3, 0.4) is 0 Å². The first-order valence-corrected chi connectivity index (χ1v) is 7.98. The summed E-state index contributed by atoms with van der Waals surface area (Å²) in [6.07, 6.45) is 0. The van der Waals surface area contributed by atoms with Crippen molar-refractivity contribution < 1.29 is 14.0 Å². The number of rotatable bonds is 4. The van der Waals surface area contributed by atoms with Crippen molar-refractivity contribution in [1.29, 1.82) is 0 Å². The minimum absolute atomic E-state index is 0.0269. The molecule has 0 unspecified atom stereocenters. The fourth-order valence-corrected chi connectivity index (χ4v) is 2.39. The number of halogens is 1. The maximum atomic E-state index is 12.0. The molecule has 3 N–H and O–H groups in total. The molecule has 2 amide bonds. The van der Waals surface area contributed by atoms with E-state index in [1.165, 1.54) is 0 Å². The van der Waals surface area contributed by atoms with Crippen LogP contribution in [0.2, 0.25) is 5.02 Å². The molecule has 0 radical (unpaired) electrons. The number of fused-ring (bicyclic) bond motifs is 1. The lowest BCUT2D eigenvalue weighted by Gasteiger charge is -2.08. The molecule has 0 atom stereocenters. The van der Waals surface area contributed by atoms with Crippen molar-refractivity contribution in [2.45, 2.75) is 6.92 Å². The van der Waals surface area contributed by atoms with E-state index in [2.05, 4.69) is 16.2 Å². The lowest BCUT2D eigenvalue weighted by molar-refractivity contribution is -0.120. The van der Waals surface area contributed by atoms with Crippen LogP contribution in [-0.2, 0) is 4.79 Å². The lowest BCUT2D eigenvalue weighted by atomic mass is 10.2. The maximum absolute atomic E-state index is 12.0. The summed E-state index contributed by atoms with van der Waals surface area (Å²) in [5, 5.41) is 4.23. The molecule has 3 aromatic rings. The average molecular weight is 358 g/mol. The first-order valence-electron chi connectivity index (χ1n) is 7.60. The van der Waals surface area contributed by atoms with E-state index in [0.29, 0.717) is 16.0 Å². The van der Waals surface area contributed by atoms with Crippen LogP contribution in [-0.4, -0.2) is 18.4 Å². The smallest absolute Gasteiger partial charge is 0.305 e. The van der Waals surface area contributed by atoms with Crippen LogP contribution in [0.15, 0.2) is 52.9 Å². The molecule has 128 valence electrons. The molecule has 0 saturated heterocycles. The highest BCUT2D eigenvalue weighted by molar-refractivity contribution is 6.31. The predicted octanol–water partition coefficient (Wildman–Crippen LogP) is 3.27. The number of hydrogen-bond donors (Lipinski definition) is 3. The number of anilines is 1. The summed E-state index contributed by atoms with van der Waals surface area (Å²) in [6, 6.07) is 14.2. The molecule has 2 aromatic carbocycles. The van der Waals surface area contributed by atoms with Crippen LogP contribution in [0.25, 0.3) is 11.0 Å². The van der Waals surface area contributed by atoms with E-state index in [4.69, 9.17) is 16.0 Å². The molecule has 0 aliphatic heterocycles. The number of hydrogen-bond acceptors (Lipinski definition) is 4. The van der Waals surface area contributed by atoms with Gasteiger partial charge in [-0.2, -0.15) is 0 Å². The summed E-state index contributed by atoms with van der Waals surface area (Å²) in [6.45, 7) is 2.01. The van der Waals surface area contributed by atoms with Gasteiger partial charge in [-0.1, -0.05) is 29.3 Å². The van der Waals surface area contributed by atoms with Crippen LogP contribution in [0.1, 0.15) is 16.1 Å². The fourth-order valence-electron chi connectivity index (χ4n) is 2.21. The van der Waals surface area contributed by atoms with E-state index in [1.54, 1.807) is 24.3 Å². The third kappa shape index (κ3) is 4.30. The summed E-state index contributed by atoms with van der Waals surface area (Å²) in [4.78, 5) is 23.8. The molecule has 0 fully saturated rings. The van der Waals surface area contributed by atoms with E-state index >= 15 is 0 Å². The van der Waals surface area contributed by atoms with Crippen LogP contribution in [0, 0.1) is 6.92 Å². The van der Waals surface area contributed by atoms with Crippen molar-refractivity contribution in [3.8, 4) is 0 Å². The summed E-state index contributed by atoms with van der Waals surface area (Å²) in [5.74, 6) is -0.840. The van der Waals surface area contributed by atoms with Gasteiger partial charge in [-0.3, -0.25) is 20.4 Å². The van der Waals surface area contributed by atoms with Crippen molar-refractivity contribution in [2.75, 3.05) is 11.9 Å². The highest BCUT2D eigenvalue weighted by Crippen LogP contribution is 2.22. The first kappa shape index (κ1) is 16.9. The van der Waals surface area contributed by atoms with E-state index < -0.39 is 5.91 Å². The average Bonchev–Trinajstić information content (AvgIpc) is 3.02. The molecular weight excluding hydrogens is 342 g/mol. The van der Waals surface area contributed by atoms with Crippen LogP contribution < -0.4 is 16.2 Å². The number of furan rings is 1. The molecule has 25 heavy (non-hydrogen) atoms. The molecule has 0 aliphatic carbocycles. The largest absolute Gasteiger partial charge is 0.451 e. The van der Waals surface area contributed by atoms with Gasteiger partial charge in [0.05, 0.1) is 6.54 Å². The van der Waals surface area contributed by atoms with Gasteiger partial charge in [0.15, 0.2) is 5.76 Å². The standard InChI is InChI=1S/C18H16ClN3O3/c1-11-2-5-14(6-3-11)20-10-17(23)21-22-18(24)16-9-12-8-13(19)4-7-15(12)25-16/h2-9,20H,10H2,1H3,(H,21,23)(H,22,24). The number of hydrazine groups is 1. The minimum Gasteiger partial charge on any atom is -0.451 e. The Kier molecular flexibility index (Phi) is 4.90. The van der Waals surface area contributed by atoms with E-state index in [9.17, 15) is 9.59 Å². The molecule has 0 aliphatic rings. The maximum Gasteiger partial charge on any atom is 0.305 e. The van der Waals surface area contributed by atoms with Crippen LogP contribution >= 0.6 is 11.6 Å². The van der Waals surface area contributed by atoms with E-state index in [0.717, 1.165) is 11.3 Å². The molecule has 7 heteroatoms. The molecular formula is C18H16ClN3O3. The second-order valence-corrected chi connectivity index (χ2v) is 5.95. The Balaban J connectivity index is 1.52. The van der Waals surface area contributed by atoms with Crippen molar-refractivity contribution in [3.05, 3.63) is 64.9 Å². The Morgan fingerprint density at radius 2 is 1.80 bits per heavy atom. The second kappa shape index (κ2) is 7.27. The summed E-state index contributed by atoms with van der Waals surface area (Å²) in [5.41, 5.74) is 7.14. The van der Waals surface area contributed by atoms with Gasteiger partial charge in [0.2, 0.25) is 0 Å². The van der Waals surface area contributed by atoms with E-state index in [-0.39, 0.29) is 18.2 Å². The molecule has 1 aromatic heterocycles. The summed E-state index contributed by atoms with van der Waals surface area (Å²) >= 11 is 5.90. The quantitative estimate of drug-likeness (QED) is 0.626. The van der Waals surface area contributed by atoms with Crippen molar-refractivity contribution >= 4 is 40.1 Å². The third-order valence-electron chi connectivity index (χ3n) is 3.52. The Morgan fingerprint density at radius 1 is 1.04 bits per heavy atom. The van der Waals surface area contributed by atoms with Crippen molar-refractivity contribution in [2.24, 2.45) is 0 Å². The van der Waals surface area contributed by atoms with Gasteiger partial charge >= 0.3 is 5.91 Å². The number of carbonyl (C=O) groups excluding carboxylic acids is 2. The third-order valence-corrected chi connectivity index (χ3v) is 3.76. The van der Waals surface area contributed by atoms with Gasteiger partial charge < -0.3 is 9.73 Å². The molecule has 0 bridgehead atoms. The molecule has 0 spiro atoms. The van der Waals surface area contributed by atoms with Crippen LogP contribution in [0.5, 0.6) is 0 Å². The fraction of sp³-hybridized carbons (Fsp3) is 0.111. The lowest BCUT2D eigenvalue weighted by Crippen LogP contribution is -2.44. The predicted molar refractivity (Wildman–Crippen MR) is 96.5 cm³/mol. The van der Waals surface area contributed by atoms with Gasteiger partial charge in [-0.05, 0) is 43.3 Å². The SMILES string of the molecule is Cc1ccc(NCC(=O)NNC(=O)c2cc3cc(Cl)ccc3o2)cc1. The number of carbonyl (C=O) groups is 2. The van der Waals surface area contributed by atoms with Gasteiger partial charge in [-0.25, -0.2) is 0 Å². The summed E-state index contributed by atoms with van der Waals surface area (Å²) in [7, 11) is 0. The monoisotopic (exact) mass is 357 g/mol. The molecule has 6 nitrogen and oxygen atoms in total. The zero-order chi connectivity index (χ0) is 17.8. The second-order valence-electron chi connectivity index (χ2n) is 5.51. The Morgan fingerprint density at radius 3 is 2.56 bits per heavy atom. The van der Waals surface area contributed by atoms with Gasteiger partial charge in [0.1, 0.15) is 5.58 Å². The highest BCUT2D eigenvalue weighted by atomic mass is 35.5. The van der Waals surface area contributed by atoms with Crippen molar-refractivity contribution in [3.63, 3.8) is 0 Å². The first-order chi connectivity index (χ1) is 12.0. The van der Waals surface area contributed by atoms with Gasteiger partial charge in [0, 0.05) is 16.1 Å². The number of benzene rings is 2. The van der Waals surface area contributed by atoms with Crippen molar-refractivity contribution in [1.82, 2.24) is 10.9 Å². The number of aryl methyl sites for hydroxylation is 1. The highest BCUT2D eigenvalue weighted by Gasteiger charge is 2.13. The minimum atomic E-state index is -0.545. The van der Waals surface area contributed by atoms with Gasteiger partial charge in [0.25, 0.3) is 5.91 Å². The Bertz CT molecular complexity index is 919. The zero-order valence-corrected chi connectivity index (χ0v) is 14.2.